The molecule has 1 fully saturated rings. The van der Waals surface area contributed by atoms with Gasteiger partial charge in [0.15, 0.2) is 0 Å². The Morgan fingerprint density at radius 3 is 2.83 bits per heavy atom. The summed E-state index contributed by atoms with van der Waals surface area (Å²) in [5.74, 6) is 0.305. The predicted molar refractivity (Wildman–Crippen MR) is 132 cm³/mol. The third-order valence-corrected chi connectivity index (χ3v) is 7.12. The number of fused-ring (bicyclic) bond motifs is 1. The van der Waals surface area contributed by atoms with E-state index in [9.17, 15) is 14.3 Å². The van der Waals surface area contributed by atoms with Crippen LogP contribution in [0.2, 0.25) is 0 Å². The number of aliphatic hydroxyl groups is 1. The maximum absolute atomic E-state index is 14.2. The summed E-state index contributed by atoms with van der Waals surface area (Å²) in [5, 5.41) is 22.2. The number of aliphatic hydroxyl groups excluding tert-OH is 1. The molecule has 182 valence electrons. The van der Waals surface area contributed by atoms with Gasteiger partial charge in [-0.05, 0) is 43.8 Å². The molecular weight excluding hydrogens is 469 g/mol. The number of hydrogen-bond acceptors (Lipinski definition) is 8. The van der Waals surface area contributed by atoms with E-state index in [1.165, 1.54) is 6.07 Å². The van der Waals surface area contributed by atoms with E-state index in [4.69, 9.17) is 4.74 Å². The molecule has 0 amide bonds. The Morgan fingerprint density at radius 2 is 2.09 bits per heavy atom. The van der Waals surface area contributed by atoms with Crippen LogP contribution in [-0.4, -0.2) is 51.4 Å². The molecule has 0 radical (unpaired) electrons. The van der Waals surface area contributed by atoms with E-state index < -0.39 is 6.23 Å². The molecule has 0 spiro atoms. The van der Waals surface area contributed by atoms with Gasteiger partial charge in [-0.3, -0.25) is 15.1 Å². The predicted octanol–water partition coefficient (Wildman–Crippen LogP) is 3.08. The Kier molecular flexibility index (Phi) is 6.61. The van der Waals surface area contributed by atoms with Crippen molar-refractivity contribution < 1.29 is 14.2 Å². The van der Waals surface area contributed by atoms with Crippen molar-refractivity contribution in [3.05, 3.63) is 85.8 Å². The zero-order chi connectivity index (χ0) is 24.5. The van der Waals surface area contributed by atoms with E-state index in [-0.39, 0.29) is 29.3 Å². The lowest BCUT2D eigenvalue weighted by Crippen LogP contribution is -2.38. The number of nitrogens with zero attached hydrogens (tertiary/aromatic N) is 3. The van der Waals surface area contributed by atoms with Crippen LogP contribution in [0.1, 0.15) is 34.0 Å². The first kappa shape index (κ1) is 23.6. The Balaban J connectivity index is 1.25. The number of likely N-dealkylation sites (tertiary alicyclic amines) is 1. The summed E-state index contributed by atoms with van der Waals surface area (Å²) in [6.45, 7) is 3.59. The van der Waals surface area contributed by atoms with Crippen molar-refractivity contribution in [2.45, 2.75) is 31.7 Å². The second-order valence-electron chi connectivity index (χ2n) is 8.87. The largest absolute Gasteiger partial charge is 0.489 e. The number of aryl methyl sites for hydroxylation is 1. The fourth-order valence-corrected chi connectivity index (χ4v) is 5.33. The molecule has 1 saturated heterocycles. The summed E-state index contributed by atoms with van der Waals surface area (Å²) in [6.07, 6.45) is -0.881. The molecule has 2 aromatic heterocycles. The quantitative estimate of drug-likeness (QED) is 0.339. The van der Waals surface area contributed by atoms with Gasteiger partial charge in [0.1, 0.15) is 34.9 Å². The molecule has 4 aromatic rings. The van der Waals surface area contributed by atoms with Crippen LogP contribution in [0.25, 0.3) is 10.9 Å². The molecule has 1 aliphatic rings. The number of para-hydroxylation sites is 1. The van der Waals surface area contributed by atoms with Gasteiger partial charge in [0.2, 0.25) is 0 Å². The highest BCUT2D eigenvalue weighted by atomic mass is 32.1. The van der Waals surface area contributed by atoms with Crippen molar-refractivity contribution in [3.63, 3.8) is 0 Å². The Labute approximate surface area is 205 Å². The Hall–Kier alpha value is -3.18. The molecule has 1 aliphatic heterocycles. The molecule has 3 N–H and O–H groups in total. The number of rotatable bonds is 7. The Morgan fingerprint density at radius 1 is 1.29 bits per heavy atom. The first-order valence-electron chi connectivity index (χ1n) is 11.3. The van der Waals surface area contributed by atoms with Crippen LogP contribution in [0, 0.1) is 12.7 Å². The molecule has 0 saturated carbocycles. The first-order chi connectivity index (χ1) is 16.9. The minimum Gasteiger partial charge on any atom is -0.489 e. The molecule has 2 aromatic carbocycles. The molecule has 8 nitrogen and oxygen atoms in total. The fraction of sp³-hybridized carbons (Fsp3) is 0.320. The SMILES string of the molecule is Cc1cc(COc2ccc(C(O)N[C@@H]3CN(C)C[C@@H]3c3n[nH]c(=O)s3)cc2)c2cccc(F)c2n1. The fourth-order valence-electron chi connectivity index (χ4n) is 4.57. The highest BCUT2D eigenvalue weighted by Crippen LogP contribution is 2.29. The number of hydrogen-bond donors (Lipinski definition) is 3. The summed E-state index contributed by atoms with van der Waals surface area (Å²) in [6, 6.07) is 14.0. The van der Waals surface area contributed by atoms with Gasteiger partial charge in [-0.15, -0.1) is 0 Å². The van der Waals surface area contributed by atoms with E-state index in [1.54, 1.807) is 18.2 Å². The van der Waals surface area contributed by atoms with Crippen LogP contribution in [0.5, 0.6) is 5.75 Å². The van der Waals surface area contributed by atoms with E-state index in [0.29, 0.717) is 16.8 Å². The average molecular weight is 496 g/mol. The topological polar surface area (TPSA) is 103 Å². The molecule has 3 heterocycles. The highest BCUT2D eigenvalue weighted by Gasteiger charge is 2.35. The van der Waals surface area contributed by atoms with Gasteiger partial charge in [0, 0.05) is 41.7 Å². The summed E-state index contributed by atoms with van der Waals surface area (Å²) < 4.78 is 20.1. The van der Waals surface area contributed by atoms with E-state index in [0.717, 1.165) is 46.1 Å². The van der Waals surface area contributed by atoms with Gasteiger partial charge in [0.05, 0.1) is 0 Å². The van der Waals surface area contributed by atoms with Crippen molar-refractivity contribution in [2.75, 3.05) is 20.1 Å². The standard InChI is InChI=1S/C25H26FN5O3S/c1-14-10-16(18-4-3-5-20(26)22(18)27-14)13-34-17-8-6-15(7-9-17)23(32)28-21-12-31(2)11-19(21)24-29-30-25(33)35-24/h3-10,19,21,23,28,32H,11-13H2,1-2H3,(H,30,33)/t19-,21+,23?/m0/s1. The zero-order valence-corrected chi connectivity index (χ0v) is 20.2. The van der Waals surface area contributed by atoms with E-state index in [2.05, 4.69) is 25.4 Å². The van der Waals surface area contributed by atoms with Gasteiger partial charge in [-0.1, -0.05) is 35.6 Å². The molecule has 5 rings (SSSR count). The number of pyridine rings is 1. The van der Waals surface area contributed by atoms with Crippen molar-refractivity contribution in [1.82, 2.24) is 25.4 Å². The van der Waals surface area contributed by atoms with Gasteiger partial charge < -0.3 is 14.7 Å². The number of halogens is 1. The molecular formula is C25H26FN5O3S. The third-order valence-electron chi connectivity index (χ3n) is 6.24. The molecule has 3 atom stereocenters. The minimum atomic E-state index is -0.881. The number of ether oxygens (including phenoxy) is 1. The first-order valence-corrected chi connectivity index (χ1v) is 12.1. The van der Waals surface area contributed by atoms with Crippen molar-refractivity contribution in [2.24, 2.45) is 0 Å². The van der Waals surface area contributed by atoms with E-state index in [1.807, 2.05) is 38.2 Å². The lowest BCUT2D eigenvalue weighted by atomic mass is 10.0. The van der Waals surface area contributed by atoms with Crippen LogP contribution in [0.15, 0.2) is 53.3 Å². The number of aromatic amines is 1. The lowest BCUT2D eigenvalue weighted by molar-refractivity contribution is 0.121. The van der Waals surface area contributed by atoms with Crippen LogP contribution in [0.3, 0.4) is 0 Å². The lowest BCUT2D eigenvalue weighted by Gasteiger charge is -2.22. The minimum absolute atomic E-state index is 0.0182. The van der Waals surface area contributed by atoms with Gasteiger partial charge >= 0.3 is 4.87 Å². The van der Waals surface area contributed by atoms with Crippen LogP contribution >= 0.6 is 11.3 Å². The van der Waals surface area contributed by atoms with Crippen LogP contribution < -0.4 is 14.9 Å². The van der Waals surface area contributed by atoms with Crippen LogP contribution in [0.4, 0.5) is 4.39 Å². The monoisotopic (exact) mass is 495 g/mol. The molecule has 0 bridgehead atoms. The summed E-state index contributed by atoms with van der Waals surface area (Å²) >= 11 is 1.11. The van der Waals surface area contributed by atoms with Crippen molar-refractivity contribution in [1.29, 1.82) is 0 Å². The smallest absolute Gasteiger partial charge is 0.322 e. The second-order valence-corrected chi connectivity index (χ2v) is 9.86. The van der Waals surface area contributed by atoms with Crippen molar-refractivity contribution >= 4 is 22.2 Å². The van der Waals surface area contributed by atoms with Crippen molar-refractivity contribution in [3.8, 4) is 5.75 Å². The molecule has 1 unspecified atom stereocenters. The average Bonchev–Trinajstić information content (AvgIpc) is 3.43. The highest BCUT2D eigenvalue weighted by molar-refractivity contribution is 7.08. The summed E-state index contributed by atoms with van der Waals surface area (Å²) in [5.41, 5.74) is 2.63. The van der Waals surface area contributed by atoms with Gasteiger partial charge in [-0.2, -0.15) is 5.10 Å². The maximum Gasteiger partial charge on any atom is 0.322 e. The number of H-pyrrole nitrogens is 1. The van der Waals surface area contributed by atoms with Gasteiger partial charge in [-0.25, -0.2) is 9.49 Å². The number of aromatic nitrogens is 3. The molecule has 0 aliphatic carbocycles. The second kappa shape index (κ2) is 9.82. The third kappa shape index (κ3) is 5.10. The summed E-state index contributed by atoms with van der Waals surface area (Å²) in [4.78, 5) is 17.8. The molecule has 35 heavy (non-hydrogen) atoms. The normalized spacial score (nSPS) is 19.3. The van der Waals surface area contributed by atoms with E-state index >= 15 is 0 Å². The van der Waals surface area contributed by atoms with Crippen LogP contribution in [-0.2, 0) is 6.61 Å². The summed E-state index contributed by atoms with van der Waals surface area (Å²) in [7, 11) is 2.00. The maximum atomic E-state index is 14.2. The van der Waals surface area contributed by atoms with Gasteiger partial charge in [0.25, 0.3) is 0 Å². The number of likely N-dealkylation sites (N-methyl/N-ethyl adjacent to an activating group) is 1. The number of benzene rings is 2. The molecule has 10 heteroatoms. The zero-order valence-electron chi connectivity index (χ0n) is 19.4. The Bertz CT molecular complexity index is 1390. The number of nitrogens with one attached hydrogen (secondary N) is 2.